The Bertz CT molecular complexity index is 3410. The van der Waals surface area contributed by atoms with Gasteiger partial charge < -0.3 is 71.1 Å². The number of nitrogens with zero attached hydrogens (tertiary/aromatic N) is 10. The maximum atomic E-state index is 13.6. The van der Waals surface area contributed by atoms with Gasteiger partial charge in [0.15, 0.2) is 47.0 Å². The Labute approximate surface area is 547 Å². The van der Waals surface area contributed by atoms with Crippen molar-refractivity contribution >= 4 is 89.3 Å². The topological polar surface area (TPSA) is 310 Å². The number of aliphatic hydroxyl groups excluding tert-OH is 1. The standard InChI is InChI=1S/C32H49ClN5O10P.C28H43ClN5O8P/c1-10-43-22(39)17-42-18-32(7,49(8,9)41)44-16-21-23-24(47-31(5,6)46-23)27(45-21)38-26-20(15-34-38)25(35-28(33)36-26)37(19-13-11-12-14-19)29(40)48-30(2,3)4;1-26(2,3)42-25(36)33(16-11-9-10-12-16)21-17-13-30-34(22(17)32-24(29)31-21)23-20-19(40-27(4,5)41-20)18(39-23)14-38-28(6,15-35)43(7,8)37/h15,19,21,23-24,27H,10-14,16-18H2,1-9H3;13,16,18-20,23,35H,9-12,14-15H2,1-8H3/t21-,23-,24-,27-,32?;18-,19-,20-,23-,28?/m11/s1. The van der Waals surface area contributed by atoms with Gasteiger partial charge in [-0.15, -0.1) is 0 Å². The van der Waals surface area contributed by atoms with Crippen LogP contribution >= 0.6 is 37.5 Å². The lowest BCUT2D eigenvalue weighted by atomic mass is 10.1. The van der Waals surface area contributed by atoms with Crippen LogP contribution in [0.15, 0.2) is 12.4 Å². The van der Waals surface area contributed by atoms with Crippen LogP contribution in [0, 0.1) is 0 Å². The van der Waals surface area contributed by atoms with Crippen molar-refractivity contribution in [2.45, 2.75) is 236 Å². The molecule has 92 heavy (non-hydrogen) atoms. The summed E-state index contributed by atoms with van der Waals surface area (Å²) in [5.74, 6) is -1.77. The van der Waals surface area contributed by atoms with Crippen LogP contribution in [0.2, 0.25) is 10.6 Å². The summed E-state index contributed by atoms with van der Waals surface area (Å²) in [5, 5.41) is 17.6. The summed E-state index contributed by atoms with van der Waals surface area (Å²) in [7, 11) is -5.78. The minimum absolute atomic E-state index is 0.00582. The van der Waals surface area contributed by atoms with Crippen molar-refractivity contribution in [3.63, 3.8) is 0 Å². The first-order chi connectivity index (χ1) is 42.8. The van der Waals surface area contributed by atoms with Crippen LogP contribution in [-0.2, 0) is 70.8 Å². The monoisotopic (exact) mass is 1370 g/mol. The third kappa shape index (κ3) is 15.9. The molecule has 0 spiro atoms. The first-order valence-corrected chi connectivity index (χ1v) is 37.3. The van der Waals surface area contributed by atoms with E-state index in [-0.39, 0.29) is 55.7 Å². The van der Waals surface area contributed by atoms with E-state index in [0.29, 0.717) is 33.7 Å². The molecule has 1 N–H and O–H groups in total. The van der Waals surface area contributed by atoms with Crippen molar-refractivity contribution in [3.05, 3.63) is 23.0 Å². The zero-order valence-electron chi connectivity index (χ0n) is 55.8. The van der Waals surface area contributed by atoms with Crippen LogP contribution in [0.3, 0.4) is 0 Å². The van der Waals surface area contributed by atoms with Gasteiger partial charge in [0, 0.05) is 12.1 Å². The Kier molecular flexibility index (Phi) is 21.4. The number of halogens is 2. The summed E-state index contributed by atoms with van der Waals surface area (Å²) in [6.45, 7) is 28.9. The van der Waals surface area contributed by atoms with Gasteiger partial charge in [0.1, 0.15) is 79.4 Å². The summed E-state index contributed by atoms with van der Waals surface area (Å²) in [5.41, 5.74) is -0.743. The lowest BCUT2D eigenvalue weighted by Gasteiger charge is -2.35. The van der Waals surface area contributed by atoms with Gasteiger partial charge in [-0.05, 0) is 166 Å². The first-order valence-electron chi connectivity index (χ1n) is 31.4. The maximum Gasteiger partial charge on any atom is 0.416 e. The molecular weight excluding hydrogens is 1280 g/mol. The second kappa shape index (κ2) is 27.3. The van der Waals surface area contributed by atoms with E-state index in [1.165, 1.54) is 0 Å². The highest BCUT2D eigenvalue weighted by molar-refractivity contribution is 7.64. The van der Waals surface area contributed by atoms with E-state index in [1.54, 1.807) is 92.8 Å². The van der Waals surface area contributed by atoms with Crippen LogP contribution < -0.4 is 9.80 Å². The quantitative estimate of drug-likeness (QED) is 0.0372. The average Bonchev–Trinajstić information content (AvgIpc) is 1.59. The van der Waals surface area contributed by atoms with E-state index >= 15 is 0 Å². The largest absolute Gasteiger partial charge is 0.464 e. The van der Waals surface area contributed by atoms with E-state index in [1.807, 2.05) is 55.4 Å². The van der Waals surface area contributed by atoms with E-state index in [0.717, 1.165) is 51.4 Å². The first kappa shape index (κ1) is 72.0. The molecule has 8 heterocycles. The molecule has 4 aromatic heterocycles. The Balaban J connectivity index is 0.000000219. The normalized spacial score (nSPS) is 26.3. The second-order valence-corrected chi connectivity index (χ2v) is 36.2. The van der Waals surface area contributed by atoms with E-state index < -0.39 is 122 Å². The minimum Gasteiger partial charge on any atom is -0.464 e. The predicted molar refractivity (Wildman–Crippen MR) is 340 cm³/mol. The fourth-order valence-corrected chi connectivity index (χ4v) is 13.9. The number of hydrogen-bond acceptors (Lipinski definition) is 24. The average molecular weight is 1370 g/mol. The molecule has 4 aromatic rings. The number of aromatic nitrogens is 8. The SMILES string of the molecule is CC(C)(C)OC(=O)N(c1nc(Cl)nc2c1cnn2[C@@H]1O[C@H](COC(C)(CO)P(C)(C)=O)[C@H]2OC(C)(C)O[C@H]21)C1CCCC1.CCOC(=O)COCC(C)(OC[C@H]1O[C@@H](n2ncc3c(N(C(=O)OC(C)(C)C)C4CCCC4)nc(Cl)nc32)[C@@H]2OC(C)(C)O[C@@H]21)P(C)(C)=O. The van der Waals surface area contributed by atoms with E-state index in [2.05, 4.69) is 30.1 Å². The highest BCUT2D eigenvalue weighted by Crippen LogP contribution is 2.55. The lowest BCUT2D eigenvalue weighted by Crippen LogP contribution is -2.43. The van der Waals surface area contributed by atoms with Crippen molar-refractivity contribution in [2.24, 2.45) is 0 Å². The number of esters is 1. The molecule has 2 saturated carbocycles. The molecule has 2 amide bonds. The van der Waals surface area contributed by atoms with Crippen molar-refractivity contribution in [1.29, 1.82) is 0 Å². The molecule has 0 aromatic carbocycles. The van der Waals surface area contributed by atoms with E-state index in [4.69, 9.17) is 80.0 Å². The van der Waals surface area contributed by atoms with Gasteiger partial charge in [-0.2, -0.15) is 30.1 Å². The van der Waals surface area contributed by atoms with Gasteiger partial charge in [0.2, 0.25) is 10.6 Å². The molecule has 4 saturated heterocycles. The number of fused-ring (bicyclic) bond motifs is 4. The third-order valence-electron chi connectivity index (χ3n) is 17.1. The van der Waals surface area contributed by atoms with Crippen LogP contribution in [0.1, 0.15) is 154 Å². The van der Waals surface area contributed by atoms with Gasteiger partial charge in [-0.3, -0.25) is 9.80 Å². The van der Waals surface area contributed by atoms with Crippen molar-refractivity contribution in [1.82, 2.24) is 39.5 Å². The second-order valence-electron chi connectivity index (χ2n) is 28.3. The molecule has 2 aliphatic carbocycles. The molecule has 0 bridgehead atoms. The number of carbonyl (C=O) groups excluding carboxylic acids is 3. The van der Waals surface area contributed by atoms with Gasteiger partial charge >= 0.3 is 18.2 Å². The molecule has 32 heteroatoms. The van der Waals surface area contributed by atoms with Crippen molar-refractivity contribution < 1.29 is 85.5 Å². The highest BCUT2D eigenvalue weighted by atomic mass is 35.5. The summed E-state index contributed by atoms with van der Waals surface area (Å²) in [6.07, 6.45) is 3.94. The summed E-state index contributed by atoms with van der Waals surface area (Å²) >= 11 is 13.0. The van der Waals surface area contributed by atoms with E-state index in [9.17, 15) is 28.6 Å². The molecule has 10 atom stereocenters. The number of ether oxygens (including phenoxy) is 12. The van der Waals surface area contributed by atoms with Gasteiger partial charge in [-0.1, -0.05) is 25.7 Å². The molecule has 6 aliphatic rings. The summed E-state index contributed by atoms with van der Waals surface area (Å²) < 4.78 is 102. The number of anilines is 2. The fraction of sp³-hybridized carbons (Fsp3) is 0.783. The Hall–Kier alpha value is -4.25. The summed E-state index contributed by atoms with van der Waals surface area (Å²) in [6, 6.07) is -0.237. The van der Waals surface area contributed by atoms with Gasteiger partial charge in [-0.25, -0.2) is 23.7 Å². The van der Waals surface area contributed by atoms with Crippen LogP contribution in [-0.4, -0.2) is 211 Å². The maximum absolute atomic E-state index is 13.6. The molecule has 4 aliphatic heterocycles. The lowest BCUT2D eigenvalue weighted by molar-refractivity contribution is -0.206. The number of amides is 2. The van der Waals surface area contributed by atoms with Crippen LogP contribution in [0.5, 0.6) is 0 Å². The number of aliphatic hydroxyl groups is 1. The number of hydrogen-bond donors (Lipinski definition) is 1. The molecule has 28 nitrogen and oxygen atoms in total. The van der Waals surface area contributed by atoms with Crippen molar-refractivity contribution in [2.75, 3.05) is 76.1 Å². The molecule has 514 valence electrons. The molecule has 6 fully saturated rings. The number of rotatable bonds is 20. The predicted octanol–water partition coefficient (Wildman–Crippen LogP) is 10.4. The zero-order valence-corrected chi connectivity index (χ0v) is 59.1. The Morgan fingerprint density at radius 1 is 0.630 bits per heavy atom. The minimum atomic E-state index is -2.94. The molecule has 2 unspecified atom stereocenters. The van der Waals surface area contributed by atoms with Gasteiger partial charge in [0.25, 0.3) is 0 Å². The van der Waals surface area contributed by atoms with Gasteiger partial charge in [0.05, 0.1) is 56.2 Å². The third-order valence-corrected chi connectivity index (χ3v) is 22.6. The Morgan fingerprint density at radius 2 is 1.01 bits per heavy atom. The number of carbonyl (C=O) groups is 3. The summed E-state index contributed by atoms with van der Waals surface area (Å²) in [4.78, 5) is 60.2. The Morgan fingerprint density at radius 3 is 1.37 bits per heavy atom. The van der Waals surface area contributed by atoms with Crippen LogP contribution in [0.4, 0.5) is 21.2 Å². The zero-order chi connectivity index (χ0) is 67.5. The molecule has 10 rings (SSSR count). The molecular formula is C60H92Cl2N10O18P2. The van der Waals surface area contributed by atoms with Crippen molar-refractivity contribution in [3.8, 4) is 0 Å². The molecule has 0 radical (unpaired) electrons. The highest BCUT2D eigenvalue weighted by Gasteiger charge is 2.59. The smallest absolute Gasteiger partial charge is 0.416 e. The fourth-order valence-electron chi connectivity index (χ4n) is 12.0. The van der Waals surface area contributed by atoms with Crippen LogP contribution in [0.25, 0.3) is 22.1 Å².